The summed E-state index contributed by atoms with van der Waals surface area (Å²) in [5.41, 5.74) is 1.01. The summed E-state index contributed by atoms with van der Waals surface area (Å²) in [7, 11) is -1.00. The number of carboxylic acid groups (broad SMARTS) is 2. The van der Waals surface area contributed by atoms with E-state index in [9.17, 15) is 33.0 Å². The maximum atomic E-state index is 12.1. The summed E-state index contributed by atoms with van der Waals surface area (Å²) < 4.78 is 62.6. The van der Waals surface area contributed by atoms with Crippen molar-refractivity contribution in [1.29, 1.82) is 0 Å². The van der Waals surface area contributed by atoms with Gasteiger partial charge in [-0.2, -0.15) is 8.42 Å². The molecular weight excluding hydrogens is 632 g/mol. The zero-order valence-corrected chi connectivity index (χ0v) is 25.4. The van der Waals surface area contributed by atoms with E-state index in [0.717, 1.165) is 12.1 Å². The highest BCUT2D eigenvalue weighted by Gasteiger charge is 2.27. The van der Waals surface area contributed by atoms with Crippen molar-refractivity contribution in [3.05, 3.63) is 77.4 Å². The van der Waals surface area contributed by atoms with Gasteiger partial charge in [0.15, 0.2) is 53.0 Å². The molecule has 0 aromatic heterocycles. The van der Waals surface area contributed by atoms with Crippen LogP contribution < -0.4 is 27.9 Å². The molecule has 3 atom stereocenters. The Morgan fingerprint density at radius 3 is 1.98 bits per heavy atom. The number of ether oxygens (including phenoxy) is 5. The fourth-order valence-electron chi connectivity index (χ4n) is 4.09. The first-order valence-corrected chi connectivity index (χ1v) is 14.4. The molecule has 0 fully saturated rings. The molecule has 3 unspecified atom stereocenters. The molecule has 15 nitrogen and oxygen atoms in total. The fourth-order valence-corrected chi connectivity index (χ4v) is 4.45. The third kappa shape index (κ3) is 9.59. The van der Waals surface area contributed by atoms with E-state index in [-0.39, 0.29) is 46.5 Å². The number of methoxy groups -OCH3 is 3. The lowest BCUT2D eigenvalue weighted by Gasteiger charge is -2.22. The molecule has 246 valence electrons. The first-order valence-electron chi connectivity index (χ1n) is 13.1. The maximum absolute atomic E-state index is 12.1. The van der Waals surface area contributed by atoms with E-state index in [1.807, 2.05) is 0 Å². The second-order valence-electron chi connectivity index (χ2n) is 9.30. The van der Waals surface area contributed by atoms with Gasteiger partial charge in [0.25, 0.3) is 0 Å². The third-order valence-electron chi connectivity index (χ3n) is 6.23. The highest BCUT2D eigenvalue weighted by atomic mass is 32.3. The quantitative estimate of drug-likeness (QED) is 0.0927. The van der Waals surface area contributed by atoms with Gasteiger partial charge in [-0.15, -0.1) is 0 Å². The predicted molar refractivity (Wildman–Crippen MR) is 159 cm³/mol. The number of aliphatic hydroxyl groups is 1. The van der Waals surface area contributed by atoms with Crippen LogP contribution in [0.1, 0.15) is 22.8 Å². The molecule has 16 heteroatoms. The first-order chi connectivity index (χ1) is 21.8. The second-order valence-corrected chi connectivity index (χ2v) is 10.3. The van der Waals surface area contributed by atoms with Crippen LogP contribution in [0.25, 0.3) is 6.08 Å². The number of carbonyl (C=O) groups is 3. The highest BCUT2D eigenvalue weighted by molar-refractivity contribution is 7.81. The molecule has 3 rings (SSSR count). The lowest BCUT2D eigenvalue weighted by atomic mass is 10.0. The van der Waals surface area contributed by atoms with E-state index >= 15 is 0 Å². The van der Waals surface area contributed by atoms with Crippen molar-refractivity contribution in [2.24, 2.45) is 0 Å². The monoisotopic (exact) mass is 662 g/mol. The number of hydrogen-bond donors (Lipinski definition) is 4. The molecular formula is C30H30O15S. The SMILES string of the molecule is COc1cc(/C=C/C(=O)O)ccc1OC(Cc1ccc(OC(C=O)C(O)c2ccc(OS(=O)(=O)O)c(OC)c2)c(OC)c1)C(=O)O. The van der Waals surface area contributed by atoms with E-state index in [0.29, 0.717) is 17.4 Å². The van der Waals surface area contributed by atoms with Crippen LogP contribution >= 0.6 is 0 Å². The molecule has 3 aromatic rings. The number of rotatable bonds is 17. The minimum Gasteiger partial charge on any atom is -0.493 e. The maximum Gasteiger partial charge on any atom is 0.446 e. The normalized spacial score (nSPS) is 13.2. The molecule has 0 spiro atoms. The Balaban J connectivity index is 1.80. The molecule has 0 aliphatic rings. The Labute approximate surface area is 263 Å². The number of benzene rings is 3. The Kier molecular flexibility index (Phi) is 11.9. The Hall–Kier alpha value is -5.32. The summed E-state index contributed by atoms with van der Waals surface area (Å²) in [6, 6.07) is 12.4. The van der Waals surface area contributed by atoms with Gasteiger partial charge in [0, 0.05) is 12.5 Å². The van der Waals surface area contributed by atoms with Gasteiger partial charge in [-0.1, -0.05) is 18.2 Å². The smallest absolute Gasteiger partial charge is 0.446 e. The van der Waals surface area contributed by atoms with Crippen LogP contribution in [0.4, 0.5) is 0 Å². The van der Waals surface area contributed by atoms with E-state index in [1.54, 1.807) is 0 Å². The Morgan fingerprint density at radius 1 is 0.804 bits per heavy atom. The van der Waals surface area contributed by atoms with Gasteiger partial charge in [0.1, 0.15) is 6.10 Å². The number of carboxylic acids is 2. The van der Waals surface area contributed by atoms with Crippen LogP contribution in [-0.2, 0) is 31.2 Å². The number of aliphatic carboxylic acids is 2. The highest BCUT2D eigenvalue weighted by Crippen LogP contribution is 2.35. The minimum atomic E-state index is -4.86. The Morgan fingerprint density at radius 2 is 1.39 bits per heavy atom. The van der Waals surface area contributed by atoms with E-state index in [4.69, 9.17) is 33.3 Å². The molecule has 0 amide bonds. The van der Waals surface area contributed by atoms with Gasteiger partial charge in [-0.05, 0) is 59.2 Å². The van der Waals surface area contributed by atoms with Crippen molar-refractivity contribution >= 4 is 34.7 Å². The molecule has 0 saturated heterocycles. The largest absolute Gasteiger partial charge is 0.493 e. The van der Waals surface area contributed by atoms with Crippen molar-refractivity contribution in [2.45, 2.75) is 24.7 Å². The molecule has 3 aromatic carbocycles. The molecule has 0 aliphatic carbocycles. The van der Waals surface area contributed by atoms with E-state index in [1.165, 1.54) is 75.9 Å². The predicted octanol–water partition coefficient (Wildman–Crippen LogP) is 2.75. The molecule has 0 heterocycles. The average Bonchev–Trinajstić information content (AvgIpc) is 3.02. The summed E-state index contributed by atoms with van der Waals surface area (Å²) in [6.45, 7) is 0. The standard InChI is InChI=1S/C30H30O15S/c1-40-23-12-17(6-11-28(32)33)4-8-20(23)43-26(30(35)36)14-18-5-9-21(24(13-18)41-2)44-27(16-31)29(34)19-7-10-22(25(15-19)42-3)45-46(37,38)39/h4-13,15-16,26-27,29,34H,14H2,1-3H3,(H,32,33)(H,35,36)(H,37,38,39)/b11-6+. The first kappa shape index (κ1) is 35.2. The number of hydrogen-bond acceptors (Lipinski definition) is 12. The number of aliphatic hydroxyl groups excluding tert-OH is 1. The van der Waals surface area contributed by atoms with Gasteiger partial charge in [-0.3, -0.25) is 9.35 Å². The molecule has 46 heavy (non-hydrogen) atoms. The fraction of sp³-hybridized carbons (Fsp3) is 0.233. The van der Waals surface area contributed by atoms with E-state index < -0.39 is 40.6 Å². The van der Waals surface area contributed by atoms with Gasteiger partial charge in [0.2, 0.25) is 0 Å². The van der Waals surface area contributed by atoms with Crippen LogP contribution in [0.2, 0.25) is 0 Å². The van der Waals surface area contributed by atoms with Crippen LogP contribution in [0.15, 0.2) is 60.7 Å². The van der Waals surface area contributed by atoms with Crippen LogP contribution in [0.3, 0.4) is 0 Å². The lowest BCUT2D eigenvalue weighted by Crippen LogP contribution is -2.29. The van der Waals surface area contributed by atoms with Gasteiger partial charge in [0.05, 0.1) is 21.3 Å². The van der Waals surface area contributed by atoms with Crippen molar-refractivity contribution in [3.63, 3.8) is 0 Å². The Bertz CT molecular complexity index is 1700. The zero-order chi connectivity index (χ0) is 34.0. The molecule has 0 bridgehead atoms. The molecule has 0 radical (unpaired) electrons. The van der Waals surface area contributed by atoms with Crippen LogP contribution in [0, 0.1) is 0 Å². The molecule has 0 saturated carbocycles. The van der Waals surface area contributed by atoms with Crippen molar-refractivity contribution < 1.29 is 70.5 Å². The second kappa shape index (κ2) is 15.6. The van der Waals surface area contributed by atoms with Gasteiger partial charge >= 0.3 is 22.3 Å². The van der Waals surface area contributed by atoms with Crippen LogP contribution in [0.5, 0.6) is 34.5 Å². The summed E-state index contributed by atoms with van der Waals surface area (Å²) in [5.74, 6) is -2.56. The van der Waals surface area contributed by atoms with Gasteiger partial charge in [-0.25, -0.2) is 9.59 Å². The third-order valence-corrected chi connectivity index (χ3v) is 6.62. The number of aldehydes is 1. The van der Waals surface area contributed by atoms with Crippen molar-refractivity contribution in [1.82, 2.24) is 0 Å². The number of carbonyl (C=O) groups excluding carboxylic acids is 1. The lowest BCUT2D eigenvalue weighted by molar-refractivity contribution is -0.145. The van der Waals surface area contributed by atoms with Gasteiger partial charge < -0.3 is 43.2 Å². The molecule has 4 N–H and O–H groups in total. The minimum absolute atomic E-state index is 0.0279. The average molecular weight is 663 g/mol. The topological polar surface area (TPSA) is 222 Å². The summed E-state index contributed by atoms with van der Waals surface area (Å²) >= 11 is 0. The van der Waals surface area contributed by atoms with Crippen LogP contribution in [-0.4, -0.2) is 80.1 Å². The van der Waals surface area contributed by atoms with E-state index in [2.05, 4.69) is 4.18 Å². The van der Waals surface area contributed by atoms with Crippen molar-refractivity contribution in [3.8, 4) is 34.5 Å². The summed E-state index contributed by atoms with van der Waals surface area (Å²) in [4.78, 5) is 34.8. The summed E-state index contributed by atoms with van der Waals surface area (Å²) in [5, 5.41) is 29.5. The summed E-state index contributed by atoms with van der Waals surface area (Å²) in [6.07, 6.45) is -2.01. The van der Waals surface area contributed by atoms with Crippen molar-refractivity contribution in [2.75, 3.05) is 21.3 Å². The zero-order valence-electron chi connectivity index (χ0n) is 24.6. The molecule has 0 aliphatic heterocycles.